The zero-order valence-corrected chi connectivity index (χ0v) is 9.90. The van der Waals surface area contributed by atoms with Gasteiger partial charge in [0.25, 0.3) is 0 Å². The van der Waals surface area contributed by atoms with Crippen molar-refractivity contribution in [1.82, 2.24) is 15.0 Å². The van der Waals surface area contributed by atoms with E-state index in [9.17, 15) is 0 Å². The van der Waals surface area contributed by atoms with Crippen molar-refractivity contribution in [3.63, 3.8) is 0 Å². The van der Waals surface area contributed by atoms with E-state index in [1.165, 1.54) is 0 Å². The number of rotatable bonds is 7. The van der Waals surface area contributed by atoms with Crippen LogP contribution in [0.3, 0.4) is 0 Å². The van der Waals surface area contributed by atoms with E-state index >= 15 is 0 Å². The van der Waals surface area contributed by atoms with Crippen LogP contribution >= 0.6 is 11.6 Å². The molecule has 1 heterocycles. The van der Waals surface area contributed by atoms with Gasteiger partial charge in [-0.1, -0.05) is 13.3 Å². The third-order valence-corrected chi connectivity index (χ3v) is 1.87. The Morgan fingerprint density at radius 1 is 1.19 bits per heavy atom. The van der Waals surface area contributed by atoms with E-state index in [2.05, 4.69) is 21.9 Å². The molecule has 90 valence electrons. The highest BCUT2D eigenvalue weighted by molar-refractivity contribution is 6.28. The molecule has 1 rings (SSSR count). The predicted octanol–water partition coefficient (Wildman–Crippen LogP) is 1.30. The molecule has 0 fully saturated rings. The van der Waals surface area contributed by atoms with Crippen LogP contribution in [-0.4, -0.2) is 34.8 Å². The molecule has 16 heavy (non-hydrogen) atoms. The van der Waals surface area contributed by atoms with Gasteiger partial charge in [0, 0.05) is 6.61 Å². The second kappa shape index (κ2) is 7.19. The van der Waals surface area contributed by atoms with Gasteiger partial charge < -0.3 is 15.2 Å². The first-order chi connectivity index (χ1) is 7.72. The maximum atomic E-state index is 5.58. The fraction of sp³-hybridized carbons (Fsp3) is 0.667. The molecule has 2 N–H and O–H groups in total. The summed E-state index contributed by atoms with van der Waals surface area (Å²) in [4.78, 5) is 11.1. The summed E-state index contributed by atoms with van der Waals surface area (Å²) in [5.74, 6) is 0.0434. The first-order valence-electron chi connectivity index (χ1n) is 5.10. The smallest absolute Gasteiger partial charge is 0.322 e. The van der Waals surface area contributed by atoms with Gasteiger partial charge in [-0.25, -0.2) is 0 Å². The van der Waals surface area contributed by atoms with Crippen molar-refractivity contribution >= 4 is 17.5 Å². The SMILES string of the molecule is CCCCOCCOc1nc(N)nc(Cl)n1. The summed E-state index contributed by atoms with van der Waals surface area (Å²) in [6, 6.07) is 0.122. The van der Waals surface area contributed by atoms with Crippen molar-refractivity contribution in [1.29, 1.82) is 0 Å². The van der Waals surface area contributed by atoms with Crippen LogP contribution in [0.1, 0.15) is 19.8 Å². The van der Waals surface area contributed by atoms with Gasteiger partial charge in [0.2, 0.25) is 11.2 Å². The Kier molecular flexibility index (Phi) is 5.81. The molecule has 7 heteroatoms. The van der Waals surface area contributed by atoms with Crippen LogP contribution in [-0.2, 0) is 4.74 Å². The fourth-order valence-electron chi connectivity index (χ4n) is 0.951. The van der Waals surface area contributed by atoms with Crippen molar-refractivity contribution in [2.45, 2.75) is 19.8 Å². The van der Waals surface area contributed by atoms with E-state index in [0.29, 0.717) is 13.2 Å². The minimum Gasteiger partial charge on any atom is -0.461 e. The lowest BCUT2D eigenvalue weighted by Crippen LogP contribution is -2.10. The molecule has 0 aromatic carbocycles. The molecule has 0 saturated carbocycles. The fourth-order valence-corrected chi connectivity index (χ4v) is 1.11. The van der Waals surface area contributed by atoms with Gasteiger partial charge >= 0.3 is 6.01 Å². The third-order valence-electron chi connectivity index (χ3n) is 1.71. The number of hydrogen-bond donors (Lipinski definition) is 1. The van der Waals surface area contributed by atoms with E-state index in [0.717, 1.165) is 19.4 Å². The van der Waals surface area contributed by atoms with E-state index < -0.39 is 0 Å². The molecule has 0 aliphatic heterocycles. The Bertz CT molecular complexity index is 304. The second-order valence-corrected chi connectivity index (χ2v) is 3.40. The summed E-state index contributed by atoms with van der Waals surface area (Å²) in [7, 11) is 0. The average molecular weight is 247 g/mol. The van der Waals surface area contributed by atoms with Crippen molar-refractivity contribution in [2.24, 2.45) is 0 Å². The summed E-state index contributed by atoms with van der Waals surface area (Å²) in [5.41, 5.74) is 5.37. The van der Waals surface area contributed by atoms with Gasteiger partial charge in [-0.15, -0.1) is 0 Å². The van der Waals surface area contributed by atoms with Crippen LogP contribution in [0.2, 0.25) is 5.28 Å². The summed E-state index contributed by atoms with van der Waals surface area (Å²) < 4.78 is 10.5. The largest absolute Gasteiger partial charge is 0.461 e. The van der Waals surface area contributed by atoms with Crippen LogP contribution < -0.4 is 10.5 Å². The van der Waals surface area contributed by atoms with E-state index in [1.807, 2.05) is 0 Å². The van der Waals surface area contributed by atoms with Crippen LogP contribution in [0, 0.1) is 0 Å². The molecule has 0 saturated heterocycles. The van der Waals surface area contributed by atoms with Gasteiger partial charge in [-0.2, -0.15) is 15.0 Å². The van der Waals surface area contributed by atoms with Gasteiger partial charge in [-0.3, -0.25) is 0 Å². The van der Waals surface area contributed by atoms with Gasteiger partial charge in [0.1, 0.15) is 6.61 Å². The normalized spacial score (nSPS) is 10.4. The number of unbranched alkanes of at least 4 members (excludes halogenated alkanes) is 1. The second-order valence-electron chi connectivity index (χ2n) is 3.06. The zero-order valence-electron chi connectivity index (χ0n) is 9.15. The Morgan fingerprint density at radius 2 is 2.00 bits per heavy atom. The Morgan fingerprint density at radius 3 is 2.69 bits per heavy atom. The molecule has 1 aromatic heterocycles. The molecular weight excluding hydrogens is 232 g/mol. The molecule has 0 unspecified atom stereocenters. The maximum absolute atomic E-state index is 5.58. The van der Waals surface area contributed by atoms with Crippen LogP contribution in [0.4, 0.5) is 5.95 Å². The number of halogens is 1. The lowest BCUT2D eigenvalue weighted by Gasteiger charge is -2.05. The van der Waals surface area contributed by atoms with Crippen LogP contribution in [0.15, 0.2) is 0 Å². The highest BCUT2D eigenvalue weighted by Gasteiger charge is 2.02. The monoisotopic (exact) mass is 246 g/mol. The van der Waals surface area contributed by atoms with E-state index in [1.54, 1.807) is 0 Å². The van der Waals surface area contributed by atoms with E-state index in [-0.39, 0.29) is 17.2 Å². The molecule has 0 aliphatic rings. The Hall–Kier alpha value is -1.14. The van der Waals surface area contributed by atoms with Crippen molar-refractivity contribution < 1.29 is 9.47 Å². The zero-order chi connectivity index (χ0) is 11.8. The van der Waals surface area contributed by atoms with Crippen molar-refractivity contribution in [3.8, 4) is 6.01 Å². The molecule has 0 spiro atoms. The molecule has 0 amide bonds. The molecule has 1 aromatic rings. The first kappa shape index (κ1) is 12.9. The lowest BCUT2D eigenvalue weighted by atomic mass is 10.4. The maximum Gasteiger partial charge on any atom is 0.322 e. The molecule has 0 bridgehead atoms. The predicted molar refractivity (Wildman–Crippen MR) is 60.5 cm³/mol. The number of anilines is 1. The summed E-state index contributed by atoms with van der Waals surface area (Å²) in [5, 5.41) is 0.0226. The number of nitrogens with two attached hydrogens (primary N) is 1. The molecular formula is C9H15ClN4O2. The summed E-state index contributed by atoms with van der Waals surface area (Å²) in [6.45, 7) is 3.70. The number of nitrogens with zero attached hydrogens (tertiary/aromatic N) is 3. The van der Waals surface area contributed by atoms with Crippen molar-refractivity contribution in [2.75, 3.05) is 25.6 Å². The minimum absolute atomic E-state index is 0.0226. The molecule has 6 nitrogen and oxygen atoms in total. The van der Waals surface area contributed by atoms with Gasteiger partial charge in [0.15, 0.2) is 0 Å². The standard InChI is InChI=1S/C9H15ClN4O2/c1-2-3-4-15-5-6-16-9-13-7(10)12-8(11)14-9/h2-6H2,1H3,(H2,11,12,13,14). The average Bonchev–Trinajstić information content (AvgIpc) is 2.22. The number of aromatic nitrogens is 3. The Balaban J connectivity index is 2.21. The van der Waals surface area contributed by atoms with Crippen LogP contribution in [0.5, 0.6) is 6.01 Å². The van der Waals surface area contributed by atoms with Crippen LogP contribution in [0.25, 0.3) is 0 Å². The summed E-state index contributed by atoms with van der Waals surface area (Å²) in [6.07, 6.45) is 2.16. The van der Waals surface area contributed by atoms with Gasteiger partial charge in [-0.05, 0) is 18.0 Å². The molecule has 0 radical (unpaired) electrons. The molecule has 0 aliphatic carbocycles. The highest BCUT2D eigenvalue weighted by atomic mass is 35.5. The summed E-state index contributed by atoms with van der Waals surface area (Å²) >= 11 is 5.58. The minimum atomic E-state index is 0.0226. The first-order valence-corrected chi connectivity index (χ1v) is 5.47. The Labute approximate surface area is 99.2 Å². The van der Waals surface area contributed by atoms with Gasteiger partial charge in [0.05, 0.1) is 6.61 Å². The molecule has 0 atom stereocenters. The number of nitrogen functional groups attached to an aromatic ring is 1. The van der Waals surface area contributed by atoms with E-state index in [4.69, 9.17) is 26.8 Å². The van der Waals surface area contributed by atoms with Crippen molar-refractivity contribution in [3.05, 3.63) is 5.28 Å². The number of ether oxygens (including phenoxy) is 2. The topological polar surface area (TPSA) is 83.2 Å². The quantitative estimate of drug-likeness (QED) is 0.731. The third kappa shape index (κ3) is 5.09. The lowest BCUT2D eigenvalue weighted by molar-refractivity contribution is 0.0947. The number of hydrogen-bond acceptors (Lipinski definition) is 6. The highest BCUT2D eigenvalue weighted by Crippen LogP contribution is 2.08.